The highest BCUT2D eigenvalue weighted by Crippen LogP contribution is 2.36. The third kappa shape index (κ3) is 5.41. The average Bonchev–Trinajstić information content (AvgIpc) is 3.59. The molecule has 2 aliphatic rings. The number of fused-ring (bicyclic) bond motifs is 1. The predicted octanol–water partition coefficient (Wildman–Crippen LogP) is 6.52. The van der Waals surface area contributed by atoms with Crippen molar-refractivity contribution >= 4 is 39.4 Å². The van der Waals surface area contributed by atoms with E-state index >= 15 is 0 Å². The van der Waals surface area contributed by atoms with E-state index in [2.05, 4.69) is 28.5 Å². The van der Waals surface area contributed by atoms with E-state index in [4.69, 9.17) is 14.5 Å². The van der Waals surface area contributed by atoms with Gasteiger partial charge in [-0.25, -0.2) is 0 Å². The summed E-state index contributed by atoms with van der Waals surface area (Å²) in [6.45, 7) is 2.26. The number of carbonyl (C=O) groups excluding carboxylic acids is 1. The molecule has 1 fully saturated rings. The van der Waals surface area contributed by atoms with Crippen LogP contribution in [0.5, 0.6) is 11.5 Å². The Morgan fingerprint density at radius 3 is 2.76 bits per heavy atom. The number of para-hydroxylation sites is 1. The molecule has 1 aliphatic carbocycles. The molecule has 2 N–H and O–H groups in total. The number of benzene rings is 2. The van der Waals surface area contributed by atoms with Gasteiger partial charge < -0.3 is 19.8 Å². The Bertz CT molecular complexity index is 1170. The number of esters is 1. The van der Waals surface area contributed by atoms with E-state index in [1.165, 1.54) is 25.7 Å². The molecular weight excluding hydrogens is 446 g/mol. The van der Waals surface area contributed by atoms with Gasteiger partial charge in [-0.05, 0) is 50.5 Å². The van der Waals surface area contributed by atoms with Crippen molar-refractivity contribution in [3.05, 3.63) is 54.2 Å². The number of rotatable bonds is 9. The van der Waals surface area contributed by atoms with Crippen LogP contribution >= 0.6 is 11.8 Å². The van der Waals surface area contributed by atoms with Crippen molar-refractivity contribution in [2.24, 2.45) is 4.99 Å². The summed E-state index contributed by atoms with van der Waals surface area (Å²) in [5, 5.41) is 5.86. The Hall–Kier alpha value is -2.93. The fourth-order valence-corrected chi connectivity index (χ4v) is 5.73. The van der Waals surface area contributed by atoms with Gasteiger partial charge in [0, 0.05) is 29.7 Å². The van der Waals surface area contributed by atoms with Crippen LogP contribution in [0.3, 0.4) is 0 Å². The lowest BCUT2D eigenvalue weighted by Crippen LogP contribution is -2.14. The minimum atomic E-state index is -0.143. The molecule has 0 radical (unpaired) electrons. The Kier molecular flexibility index (Phi) is 7.09. The summed E-state index contributed by atoms with van der Waals surface area (Å²) in [7, 11) is 0. The zero-order chi connectivity index (χ0) is 23.3. The normalized spacial score (nSPS) is 18.3. The molecule has 0 saturated heterocycles. The standard InChI is InChI=1S/C27H31N3O3S/c1-2-32-25(31)13-12-20-17-34-27(29-20)24-15-18-14-22(33-21-10-4-3-5-11-21)16-23(26(18)30-24)28-19-8-6-7-9-19/h3-5,10-11,14-16,19-20,28,30H,2,6-9,12-13,17H2,1H3. The van der Waals surface area contributed by atoms with E-state index < -0.39 is 0 Å². The summed E-state index contributed by atoms with van der Waals surface area (Å²) in [4.78, 5) is 20.2. The van der Waals surface area contributed by atoms with Gasteiger partial charge in [-0.2, -0.15) is 0 Å². The maximum atomic E-state index is 11.7. The van der Waals surface area contributed by atoms with E-state index in [9.17, 15) is 4.79 Å². The third-order valence-corrected chi connectivity index (χ3v) is 7.48. The predicted molar refractivity (Wildman–Crippen MR) is 139 cm³/mol. The van der Waals surface area contributed by atoms with Gasteiger partial charge in [0.1, 0.15) is 16.5 Å². The molecule has 2 aromatic carbocycles. The second kappa shape index (κ2) is 10.6. The molecule has 1 atom stereocenters. The van der Waals surface area contributed by atoms with E-state index in [1.54, 1.807) is 11.8 Å². The lowest BCUT2D eigenvalue weighted by atomic mass is 10.1. The Morgan fingerprint density at radius 1 is 1.15 bits per heavy atom. The van der Waals surface area contributed by atoms with Crippen LogP contribution in [0.2, 0.25) is 0 Å². The monoisotopic (exact) mass is 477 g/mol. The highest BCUT2D eigenvalue weighted by Gasteiger charge is 2.23. The maximum Gasteiger partial charge on any atom is 0.305 e. The van der Waals surface area contributed by atoms with Crippen molar-refractivity contribution in [2.45, 2.75) is 57.5 Å². The summed E-state index contributed by atoms with van der Waals surface area (Å²) in [6, 6.07) is 16.9. The zero-order valence-electron chi connectivity index (χ0n) is 19.5. The van der Waals surface area contributed by atoms with Crippen LogP contribution in [0.1, 0.15) is 51.1 Å². The molecule has 1 saturated carbocycles. The first kappa shape index (κ1) is 22.8. The summed E-state index contributed by atoms with van der Waals surface area (Å²) in [5.74, 6) is 2.39. The molecule has 178 valence electrons. The van der Waals surface area contributed by atoms with Gasteiger partial charge in [0.15, 0.2) is 0 Å². The quantitative estimate of drug-likeness (QED) is 0.343. The number of H-pyrrole nitrogens is 1. The molecular formula is C27H31N3O3S. The van der Waals surface area contributed by atoms with Gasteiger partial charge in [-0.3, -0.25) is 9.79 Å². The Morgan fingerprint density at radius 2 is 1.97 bits per heavy atom. The summed E-state index contributed by atoms with van der Waals surface area (Å²) < 4.78 is 11.2. The van der Waals surface area contributed by atoms with Gasteiger partial charge >= 0.3 is 5.97 Å². The summed E-state index contributed by atoms with van der Waals surface area (Å²) in [6.07, 6.45) is 6.08. The molecule has 1 aliphatic heterocycles. The van der Waals surface area contributed by atoms with Crippen LogP contribution < -0.4 is 10.1 Å². The van der Waals surface area contributed by atoms with Crippen LogP contribution in [0, 0.1) is 0 Å². The molecule has 1 aromatic heterocycles. The number of nitrogens with one attached hydrogen (secondary N) is 2. The van der Waals surface area contributed by atoms with Crippen LogP contribution in [-0.2, 0) is 9.53 Å². The number of thioether (sulfide) groups is 1. The average molecular weight is 478 g/mol. The van der Waals surface area contributed by atoms with Crippen molar-refractivity contribution in [3.63, 3.8) is 0 Å². The topological polar surface area (TPSA) is 75.7 Å². The number of aromatic amines is 1. The number of hydrogen-bond acceptors (Lipinski definition) is 6. The maximum absolute atomic E-state index is 11.7. The lowest BCUT2D eigenvalue weighted by Gasteiger charge is -2.16. The number of aromatic nitrogens is 1. The van der Waals surface area contributed by atoms with Crippen LogP contribution in [0.15, 0.2) is 53.5 Å². The van der Waals surface area contributed by atoms with Gasteiger partial charge in [-0.1, -0.05) is 31.0 Å². The molecule has 0 bridgehead atoms. The van der Waals surface area contributed by atoms with Crippen LogP contribution in [0.4, 0.5) is 5.69 Å². The first-order valence-electron chi connectivity index (χ1n) is 12.2. The minimum absolute atomic E-state index is 0.142. The number of aliphatic imine (C=N–C) groups is 1. The molecule has 5 rings (SSSR count). The first-order valence-corrected chi connectivity index (χ1v) is 13.2. The van der Waals surface area contributed by atoms with E-state index in [0.717, 1.165) is 51.0 Å². The van der Waals surface area contributed by atoms with Gasteiger partial charge in [0.2, 0.25) is 0 Å². The van der Waals surface area contributed by atoms with Crippen molar-refractivity contribution in [2.75, 3.05) is 17.7 Å². The van der Waals surface area contributed by atoms with Crippen LogP contribution in [0.25, 0.3) is 10.9 Å². The Balaban J connectivity index is 1.40. The third-order valence-electron chi connectivity index (χ3n) is 6.33. The van der Waals surface area contributed by atoms with Gasteiger partial charge in [-0.15, -0.1) is 11.8 Å². The number of ether oxygens (including phenoxy) is 2. The summed E-state index contributed by atoms with van der Waals surface area (Å²) in [5.41, 5.74) is 3.18. The smallest absolute Gasteiger partial charge is 0.305 e. The van der Waals surface area contributed by atoms with E-state index in [-0.39, 0.29) is 12.0 Å². The number of hydrogen-bond donors (Lipinski definition) is 2. The highest BCUT2D eigenvalue weighted by atomic mass is 32.2. The second-order valence-electron chi connectivity index (χ2n) is 8.90. The molecule has 7 heteroatoms. The van der Waals surface area contributed by atoms with Crippen molar-refractivity contribution in [3.8, 4) is 11.5 Å². The second-order valence-corrected chi connectivity index (χ2v) is 9.91. The molecule has 0 amide bonds. The van der Waals surface area contributed by atoms with E-state index in [1.807, 2.05) is 37.3 Å². The number of anilines is 1. The molecule has 34 heavy (non-hydrogen) atoms. The van der Waals surface area contributed by atoms with Crippen molar-refractivity contribution in [1.29, 1.82) is 0 Å². The molecule has 2 heterocycles. The molecule has 6 nitrogen and oxygen atoms in total. The SMILES string of the molecule is CCOC(=O)CCC1CSC(c2cc3cc(Oc4ccccc4)cc(NC4CCCC4)c3[nH]2)=N1. The minimum Gasteiger partial charge on any atom is -0.466 e. The van der Waals surface area contributed by atoms with Crippen molar-refractivity contribution in [1.82, 2.24) is 4.98 Å². The fourth-order valence-electron chi connectivity index (χ4n) is 4.65. The largest absolute Gasteiger partial charge is 0.466 e. The molecule has 1 unspecified atom stereocenters. The van der Waals surface area contributed by atoms with Crippen molar-refractivity contribution < 1.29 is 14.3 Å². The molecule has 3 aromatic rings. The number of nitrogens with zero attached hydrogens (tertiary/aromatic N) is 1. The Labute approximate surface area is 204 Å². The van der Waals surface area contributed by atoms with E-state index in [0.29, 0.717) is 19.1 Å². The lowest BCUT2D eigenvalue weighted by molar-refractivity contribution is -0.143. The van der Waals surface area contributed by atoms with Gasteiger partial charge in [0.25, 0.3) is 0 Å². The van der Waals surface area contributed by atoms with Crippen LogP contribution in [-0.4, -0.2) is 40.4 Å². The summed E-state index contributed by atoms with van der Waals surface area (Å²) >= 11 is 1.74. The van der Waals surface area contributed by atoms with Gasteiger partial charge in [0.05, 0.1) is 29.5 Å². The highest BCUT2D eigenvalue weighted by molar-refractivity contribution is 8.14. The molecule has 0 spiro atoms. The fraction of sp³-hybridized carbons (Fsp3) is 0.407. The first-order chi connectivity index (χ1) is 16.7. The number of carbonyl (C=O) groups is 1. The zero-order valence-corrected chi connectivity index (χ0v) is 20.3.